The molecule has 13 aromatic rings. The summed E-state index contributed by atoms with van der Waals surface area (Å²) in [5.74, 6) is 1.91. The van der Waals surface area contributed by atoms with E-state index in [0.717, 1.165) is 66.3 Å². The number of nitrogens with zero attached hydrogens (tertiary/aromatic N) is 3. The number of benzene rings is 11. The van der Waals surface area contributed by atoms with Crippen LogP contribution >= 0.6 is 0 Å². The highest BCUT2D eigenvalue weighted by atomic mass is 16.3. The quantitative estimate of drug-likeness (QED) is 0.157. The summed E-state index contributed by atoms with van der Waals surface area (Å²) in [6.45, 7) is 0. The van der Waals surface area contributed by atoms with Crippen molar-refractivity contribution in [2.75, 3.05) is 0 Å². The third kappa shape index (κ3) is 6.26. The van der Waals surface area contributed by atoms with Gasteiger partial charge in [-0.2, -0.15) is 0 Å². The third-order valence-corrected chi connectivity index (χ3v) is 12.9. The number of furan rings is 1. The van der Waals surface area contributed by atoms with Gasteiger partial charge in [-0.1, -0.05) is 188 Å². The number of hydrogen-bond donors (Lipinski definition) is 0. The van der Waals surface area contributed by atoms with E-state index in [-0.39, 0.29) is 0 Å². The van der Waals surface area contributed by atoms with Gasteiger partial charge < -0.3 is 4.42 Å². The lowest BCUT2D eigenvalue weighted by Crippen LogP contribution is -2.00. The van der Waals surface area contributed by atoms with E-state index in [1.807, 2.05) is 60.7 Å². The molecule has 0 N–H and O–H groups in total. The maximum atomic E-state index is 6.84. The molecule has 0 radical (unpaired) electrons. The molecule has 0 aliphatic heterocycles. The Morgan fingerprint density at radius 1 is 0.231 bits per heavy atom. The summed E-state index contributed by atoms with van der Waals surface area (Å²) in [5.41, 5.74) is 11.3. The van der Waals surface area contributed by atoms with Crippen molar-refractivity contribution in [2.45, 2.75) is 0 Å². The van der Waals surface area contributed by atoms with Crippen molar-refractivity contribution < 1.29 is 4.42 Å². The summed E-state index contributed by atoms with van der Waals surface area (Å²) >= 11 is 0. The van der Waals surface area contributed by atoms with Crippen molar-refractivity contribution in [3.63, 3.8) is 0 Å². The minimum absolute atomic E-state index is 0.629. The molecule has 0 fully saturated rings. The molecule has 2 heterocycles. The minimum atomic E-state index is 0.629. The molecule has 0 aliphatic rings. The van der Waals surface area contributed by atoms with Crippen LogP contribution in [0.1, 0.15) is 0 Å². The lowest BCUT2D eigenvalue weighted by Gasteiger charge is -2.13. The van der Waals surface area contributed by atoms with Gasteiger partial charge in [0, 0.05) is 32.8 Å². The van der Waals surface area contributed by atoms with Crippen LogP contribution in [-0.4, -0.2) is 15.0 Å². The molecule has 0 saturated carbocycles. The number of fused-ring (bicyclic) bond motifs is 11. The monoisotopic (exact) mass is 827 g/mol. The van der Waals surface area contributed by atoms with Crippen LogP contribution in [0.3, 0.4) is 0 Å². The molecular weight excluding hydrogens is 791 g/mol. The second kappa shape index (κ2) is 15.0. The zero-order valence-corrected chi connectivity index (χ0v) is 35.1. The van der Waals surface area contributed by atoms with E-state index in [0.29, 0.717) is 17.5 Å². The standard InChI is InChI=1S/C61H37N3O/c1-3-15-38(16-4-1)59-62-60(39-17-5-2-6-18-39)64-61(63-59)45-22-14-21-42(34-45)40-19-13-20-41(33-40)43-29-32-52-56-37-54(50-27-11-12-28-53(50)58(56)65-57(52)36-43)44-30-31-51-48-25-8-7-23-46(48)47-24-9-10-26-49(47)55(51)35-44/h1-37H. The van der Waals surface area contributed by atoms with Crippen molar-refractivity contribution in [1.82, 2.24) is 15.0 Å². The predicted octanol–water partition coefficient (Wildman–Crippen LogP) is 16.4. The highest BCUT2D eigenvalue weighted by Crippen LogP contribution is 2.43. The molecule has 0 aliphatic carbocycles. The lowest BCUT2D eigenvalue weighted by atomic mass is 9.90. The fourth-order valence-electron chi connectivity index (χ4n) is 9.75. The van der Waals surface area contributed by atoms with Crippen molar-refractivity contribution in [2.24, 2.45) is 0 Å². The first-order valence-electron chi connectivity index (χ1n) is 22.0. The SMILES string of the molecule is c1ccc(-c2nc(-c3ccccc3)nc(-c3cccc(-c4cccc(-c5ccc6c(c5)oc5c7ccccc7c(-c7ccc8c9ccccc9c9ccccc9c8c7)cc65)c4)c3)n2)cc1. The normalized spacial score (nSPS) is 11.7. The zero-order chi connectivity index (χ0) is 42.8. The largest absolute Gasteiger partial charge is 0.455 e. The zero-order valence-electron chi connectivity index (χ0n) is 35.1. The van der Waals surface area contributed by atoms with E-state index < -0.39 is 0 Å². The van der Waals surface area contributed by atoms with Crippen LogP contribution in [0, 0.1) is 0 Å². The molecule has 302 valence electrons. The first-order chi connectivity index (χ1) is 32.2. The van der Waals surface area contributed by atoms with Crippen LogP contribution < -0.4 is 0 Å². The van der Waals surface area contributed by atoms with Gasteiger partial charge in [-0.15, -0.1) is 0 Å². The molecule has 65 heavy (non-hydrogen) atoms. The van der Waals surface area contributed by atoms with Gasteiger partial charge in [-0.05, 0) is 107 Å². The molecule has 4 nitrogen and oxygen atoms in total. The second-order valence-electron chi connectivity index (χ2n) is 16.7. The number of hydrogen-bond acceptors (Lipinski definition) is 4. The van der Waals surface area contributed by atoms with Gasteiger partial charge in [0.25, 0.3) is 0 Å². The first-order valence-corrected chi connectivity index (χ1v) is 22.0. The fourth-order valence-corrected chi connectivity index (χ4v) is 9.75. The van der Waals surface area contributed by atoms with Crippen molar-refractivity contribution in [3.05, 3.63) is 224 Å². The Morgan fingerprint density at radius 2 is 0.646 bits per heavy atom. The van der Waals surface area contributed by atoms with Crippen LogP contribution in [0.15, 0.2) is 229 Å². The second-order valence-corrected chi connectivity index (χ2v) is 16.7. The van der Waals surface area contributed by atoms with Crippen LogP contribution in [0.4, 0.5) is 0 Å². The van der Waals surface area contributed by atoms with Gasteiger partial charge in [-0.25, -0.2) is 15.0 Å². The first kappa shape index (κ1) is 36.9. The molecule has 11 aromatic carbocycles. The Hall–Kier alpha value is -8.73. The maximum Gasteiger partial charge on any atom is 0.164 e. The van der Waals surface area contributed by atoms with E-state index in [9.17, 15) is 0 Å². The topological polar surface area (TPSA) is 51.8 Å². The Kier molecular flexibility index (Phi) is 8.50. The van der Waals surface area contributed by atoms with Gasteiger partial charge >= 0.3 is 0 Å². The third-order valence-electron chi connectivity index (χ3n) is 12.9. The Labute approximate surface area is 374 Å². The maximum absolute atomic E-state index is 6.84. The summed E-state index contributed by atoms with van der Waals surface area (Å²) < 4.78 is 6.84. The summed E-state index contributed by atoms with van der Waals surface area (Å²) in [6.07, 6.45) is 0. The van der Waals surface area contributed by atoms with E-state index in [2.05, 4.69) is 164 Å². The molecule has 0 bridgehead atoms. The van der Waals surface area contributed by atoms with Gasteiger partial charge in [-0.3, -0.25) is 0 Å². The van der Waals surface area contributed by atoms with E-state index in [1.165, 1.54) is 48.8 Å². The summed E-state index contributed by atoms with van der Waals surface area (Å²) in [5, 5.41) is 12.1. The molecule has 0 amide bonds. The fraction of sp³-hybridized carbons (Fsp3) is 0. The Balaban J connectivity index is 0.892. The van der Waals surface area contributed by atoms with Gasteiger partial charge in [0.15, 0.2) is 17.5 Å². The predicted molar refractivity (Wildman–Crippen MR) is 270 cm³/mol. The molecule has 0 atom stereocenters. The van der Waals surface area contributed by atoms with Crippen LogP contribution in [0.25, 0.3) is 133 Å². The molecule has 2 aromatic heterocycles. The molecular formula is C61H37N3O. The van der Waals surface area contributed by atoms with Crippen molar-refractivity contribution in [3.8, 4) is 67.5 Å². The van der Waals surface area contributed by atoms with Crippen molar-refractivity contribution in [1.29, 1.82) is 0 Å². The minimum Gasteiger partial charge on any atom is -0.455 e. The van der Waals surface area contributed by atoms with Crippen LogP contribution in [-0.2, 0) is 0 Å². The summed E-state index contributed by atoms with van der Waals surface area (Å²) in [6, 6.07) is 79.4. The van der Waals surface area contributed by atoms with Gasteiger partial charge in [0.05, 0.1) is 0 Å². The summed E-state index contributed by atoms with van der Waals surface area (Å²) in [7, 11) is 0. The lowest BCUT2D eigenvalue weighted by molar-refractivity contribution is 0.673. The van der Waals surface area contributed by atoms with E-state index in [1.54, 1.807) is 0 Å². The highest BCUT2D eigenvalue weighted by molar-refractivity contribution is 6.26. The van der Waals surface area contributed by atoms with Crippen molar-refractivity contribution >= 4 is 65.0 Å². The van der Waals surface area contributed by atoms with Crippen LogP contribution in [0.5, 0.6) is 0 Å². The average molecular weight is 828 g/mol. The van der Waals surface area contributed by atoms with E-state index >= 15 is 0 Å². The van der Waals surface area contributed by atoms with Crippen LogP contribution in [0.2, 0.25) is 0 Å². The molecule has 13 rings (SSSR count). The van der Waals surface area contributed by atoms with E-state index in [4.69, 9.17) is 19.4 Å². The number of aromatic nitrogens is 3. The highest BCUT2D eigenvalue weighted by Gasteiger charge is 2.18. The molecule has 0 saturated heterocycles. The number of rotatable bonds is 6. The molecule has 0 spiro atoms. The Morgan fingerprint density at radius 3 is 1.25 bits per heavy atom. The average Bonchev–Trinajstić information content (AvgIpc) is 3.77. The molecule has 4 heteroatoms. The van der Waals surface area contributed by atoms with Gasteiger partial charge in [0.2, 0.25) is 0 Å². The summed E-state index contributed by atoms with van der Waals surface area (Å²) in [4.78, 5) is 14.9. The smallest absolute Gasteiger partial charge is 0.164 e. The Bertz CT molecular complexity index is 3910. The molecule has 0 unspecified atom stereocenters. The van der Waals surface area contributed by atoms with Gasteiger partial charge in [0.1, 0.15) is 11.2 Å².